The largest absolute Gasteiger partial charge is 0.398 e. The highest BCUT2D eigenvalue weighted by Crippen LogP contribution is 2.28. The molecule has 4 heteroatoms. The van der Waals surface area contributed by atoms with E-state index in [9.17, 15) is 4.79 Å². The molecule has 1 aromatic heterocycles. The molecule has 0 spiro atoms. The average Bonchev–Trinajstić information content (AvgIpc) is 2.33. The van der Waals surface area contributed by atoms with Crippen molar-refractivity contribution in [2.24, 2.45) is 11.8 Å². The number of hydrogen-bond donors (Lipinski definition) is 2. The minimum Gasteiger partial charge on any atom is -0.398 e. The van der Waals surface area contributed by atoms with E-state index in [0.717, 1.165) is 12.3 Å². The predicted molar refractivity (Wildman–Crippen MR) is 72.1 cm³/mol. The van der Waals surface area contributed by atoms with Gasteiger partial charge in [0.25, 0.3) is 5.91 Å². The summed E-state index contributed by atoms with van der Waals surface area (Å²) in [5, 5.41) is 3.09. The van der Waals surface area contributed by atoms with Gasteiger partial charge in [-0.05, 0) is 37.2 Å². The summed E-state index contributed by atoms with van der Waals surface area (Å²) in [6.07, 6.45) is 6.53. The lowest BCUT2D eigenvalue weighted by molar-refractivity contribution is 0.0900. The predicted octanol–water partition coefficient (Wildman–Crippen LogP) is 2.22. The number of hydrogen-bond acceptors (Lipinski definition) is 3. The molecule has 4 nitrogen and oxygen atoms in total. The smallest absolute Gasteiger partial charge is 0.255 e. The molecule has 0 saturated heterocycles. The Balaban J connectivity index is 2.02. The van der Waals surface area contributed by atoms with Gasteiger partial charge < -0.3 is 11.1 Å². The SMILES string of the molecule is CC1CCC(NC(=O)c2cnccc2N)C(C)C1. The molecule has 1 amide bonds. The molecule has 0 aromatic carbocycles. The number of nitrogens with one attached hydrogen (secondary N) is 1. The van der Waals surface area contributed by atoms with Crippen LogP contribution in [0.4, 0.5) is 5.69 Å². The van der Waals surface area contributed by atoms with Crippen molar-refractivity contribution >= 4 is 11.6 Å². The standard InChI is InChI=1S/C14H21N3O/c1-9-3-4-13(10(2)7-9)17-14(18)11-8-16-6-5-12(11)15/h5-6,8-10,13H,3-4,7H2,1-2H3,(H2,15,16)(H,17,18). The number of pyridine rings is 1. The van der Waals surface area contributed by atoms with Crippen LogP contribution in [0.1, 0.15) is 43.5 Å². The Labute approximate surface area is 108 Å². The van der Waals surface area contributed by atoms with Crippen molar-refractivity contribution in [1.82, 2.24) is 10.3 Å². The van der Waals surface area contributed by atoms with Crippen LogP contribution >= 0.6 is 0 Å². The first-order valence-electron chi connectivity index (χ1n) is 6.58. The summed E-state index contributed by atoms with van der Waals surface area (Å²) in [6.45, 7) is 4.47. The number of rotatable bonds is 2. The third-order valence-corrected chi connectivity index (χ3v) is 3.85. The third-order valence-electron chi connectivity index (χ3n) is 3.85. The second kappa shape index (κ2) is 5.38. The Morgan fingerprint density at radius 3 is 2.89 bits per heavy atom. The van der Waals surface area contributed by atoms with Gasteiger partial charge in [0.1, 0.15) is 0 Å². The molecule has 1 heterocycles. The molecule has 2 rings (SSSR count). The minimum atomic E-state index is -0.105. The van der Waals surface area contributed by atoms with Gasteiger partial charge >= 0.3 is 0 Å². The molecule has 3 unspecified atom stereocenters. The molecule has 1 aromatic rings. The second-order valence-corrected chi connectivity index (χ2v) is 5.44. The normalized spacial score (nSPS) is 27.8. The molecular weight excluding hydrogens is 226 g/mol. The Bertz CT molecular complexity index is 433. The van der Waals surface area contributed by atoms with Crippen LogP contribution in [0.2, 0.25) is 0 Å². The first-order valence-corrected chi connectivity index (χ1v) is 6.58. The summed E-state index contributed by atoms with van der Waals surface area (Å²) in [5.74, 6) is 1.18. The number of aromatic nitrogens is 1. The lowest BCUT2D eigenvalue weighted by Gasteiger charge is -2.33. The molecule has 98 valence electrons. The van der Waals surface area contributed by atoms with Crippen LogP contribution in [0, 0.1) is 11.8 Å². The zero-order valence-electron chi connectivity index (χ0n) is 11.0. The van der Waals surface area contributed by atoms with Gasteiger partial charge in [-0.1, -0.05) is 13.8 Å². The molecule has 1 fully saturated rings. The van der Waals surface area contributed by atoms with Crippen LogP contribution < -0.4 is 11.1 Å². The van der Waals surface area contributed by atoms with Gasteiger partial charge in [0, 0.05) is 24.1 Å². The molecule has 1 saturated carbocycles. The molecule has 18 heavy (non-hydrogen) atoms. The monoisotopic (exact) mass is 247 g/mol. The van der Waals surface area contributed by atoms with E-state index in [-0.39, 0.29) is 11.9 Å². The topological polar surface area (TPSA) is 68.0 Å². The van der Waals surface area contributed by atoms with Crippen molar-refractivity contribution in [3.8, 4) is 0 Å². The lowest BCUT2D eigenvalue weighted by atomic mass is 9.80. The zero-order chi connectivity index (χ0) is 13.1. The van der Waals surface area contributed by atoms with Crippen molar-refractivity contribution in [3.63, 3.8) is 0 Å². The summed E-state index contributed by atoms with van der Waals surface area (Å²) in [7, 11) is 0. The van der Waals surface area contributed by atoms with E-state index >= 15 is 0 Å². The van der Waals surface area contributed by atoms with E-state index < -0.39 is 0 Å². The molecule has 0 bridgehead atoms. The molecule has 0 aliphatic heterocycles. The van der Waals surface area contributed by atoms with Crippen LogP contribution in [0.25, 0.3) is 0 Å². The van der Waals surface area contributed by atoms with E-state index in [1.165, 1.54) is 19.0 Å². The van der Waals surface area contributed by atoms with E-state index in [4.69, 9.17) is 5.73 Å². The highest BCUT2D eigenvalue weighted by Gasteiger charge is 2.27. The molecule has 1 aliphatic rings. The molecule has 3 N–H and O–H groups in total. The fourth-order valence-electron chi connectivity index (χ4n) is 2.72. The number of carbonyl (C=O) groups is 1. The molecule has 0 radical (unpaired) electrons. The number of carbonyl (C=O) groups excluding carboxylic acids is 1. The quantitative estimate of drug-likeness (QED) is 0.842. The first-order chi connectivity index (χ1) is 8.58. The van der Waals surface area contributed by atoms with Crippen LogP contribution in [-0.2, 0) is 0 Å². The molecular formula is C14H21N3O. The Hall–Kier alpha value is -1.58. The van der Waals surface area contributed by atoms with Crippen molar-refractivity contribution in [2.45, 2.75) is 39.2 Å². The van der Waals surface area contributed by atoms with Crippen LogP contribution in [0.5, 0.6) is 0 Å². The Morgan fingerprint density at radius 2 is 2.22 bits per heavy atom. The molecule has 3 atom stereocenters. The maximum atomic E-state index is 12.1. The van der Waals surface area contributed by atoms with Gasteiger partial charge in [-0.15, -0.1) is 0 Å². The van der Waals surface area contributed by atoms with Crippen molar-refractivity contribution in [2.75, 3.05) is 5.73 Å². The fraction of sp³-hybridized carbons (Fsp3) is 0.571. The fourth-order valence-corrected chi connectivity index (χ4v) is 2.72. The number of nitrogens with zero attached hydrogens (tertiary/aromatic N) is 1. The summed E-state index contributed by atoms with van der Waals surface area (Å²) in [4.78, 5) is 16.1. The Morgan fingerprint density at radius 1 is 1.44 bits per heavy atom. The van der Waals surface area contributed by atoms with Gasteiger partial charge in [0.2, 0.25) is 0 Å². The van der Waals surface area contributed by atoms with Crippen LogP contribution in [0.3, 0.4) is 0 Å². The first kappa shape index (κ1) is 12.9. The van der Waals surface area contributed by atoms with Gasteiger partial charge in [-0.25, -0.2) is 0 Å². The average molecular weight is 247 g/mol. The van der Waals surface area contributed by atoms with E-state index in [1.54, 1.807) is 12.3 Å². The van der Waals surface area contributed by atoms with Crippen LogP contribution in [-0.4, -0.2) is 16.9 Å². The number of nitrogens with two attached hydrogens (primary N) is 1. The summed E-state index contributed by atoms with van der Waals surface area (Å²) < 4.78 is 0. The minimum absolute atomic E-state index is 0.105. The summed E-state index contributed by atoms with van der Waals surface area (Å²) >= 11 is 0. The molecule has 1 aliphatic carbocycles. The van der Waals surface area contributed by atoms with Crippen LogP contribution in [0.15, 0.2) is 18.5 Å². The number of nitrogen functional groups attached to an aromatic ring is 1. The van der Waals surface area contributed by atoms with E-state index in [2.05, 4.69) is 24.1 Å². The Kier molecular flexibility index (Phi) is 3.84. The zero-order valence-corrected chi connectivity index (χ0v) is 11.0. The number of anilines is 1. The van der Waals surface area contributed by atoms with Gasteiger partial charge in [-0.3, -0.25) is 9.78 Å². The number of amides is 1. The highest BCUT2D eigenvalue weighted by molar-refractivity contribution is 5.98. The van der Waals surface area contributed by atoms with Gasteiger partial charge in [0.05, 0.1) is 5.56 Å². The van der Waals surface area contributed by atoms with Gasteiger partial charge in [-0.2, -0.15) is 0 Å². The third kappa shape index (κ3) is 2.81. The van der Waals surface area contributed by atoms with E-state index in [0.29, 0.717) is 17.2 Å². The van der Waals surface area contributed by atoms with Gasteiger partial charge in [0.15, 0.2) is 0 Å². The summed E-state index contributed by atoms with van der Waals surface area (Å²) in [6, 6.07) is 1.91. The maximum Gasteiger partial charge on any atom is 0.255 e. The summed E-state index contributed by atoms with van der Waals surface area (Å²) in [5.41, 5.74) is 6.74. The van der Waals surface area contributed by atoms with Crippen molar-refractivity contribution in [3.05, 3.63) is 24.0 Å². The second-order valence-electron chi connectivity index (χ2n) is 5.44. The highest BCUT2D eigenvalue weighted by atomic mass is 16.1. The van der Waals surface area contributed by atoms with E-state index in [1.807, 2.05) is 0 Å². The maximum absolute atomic E-state index is 12.1. The lowest BCUT2D eigenvalue weighted by Crippen LogP contribution is -2.42. The van der Waals surface area contributed by atoms with Crippen molar-refractivity contribution < 1.29 is 4.79 Å². The van der Waals surface area contributed by atoms with Crippen molar-refractivity contribution in [1.29, 1.82) is 0 Å².